The van der Waals surface area contributed by atoms with E-state index < -0.39 is 27.9 Å². The number of nitro groups is 1. The van der Waals surface area contributed by atoms with Gasteiger partial charge in [-0.2, -0.15) is 13.5 Å². The maximum absolute atomic E-state index is 12.8. The standard InChI is InChI=1S/C10H5Cl3F2N4O3/c1-3-16-18(10(20)17(3)9(14)15)4-2-5(19(21)22)7(12)8(13)6(4)11/h2,9H,1H3. The molecule has 118 valence electrons. The van der Waals surface area contributed by atoms with Crippen LogP contribution in [0.5, 0.6) is 0 Å². The summed E-state index contributed by atoms with van der Waals surface area (Å²) in [5.74, 6) is -0.301. The Morgan fingerprint density at radius 2 is 1.86 bits per heavy atom. The van der Waals surface area contributed by atoms with E-state index in [4.69, 9.17) is 34.8 Å². The molecule has 0 fully saturated rings. The fourth-order valence-corrected chi connectivity index (χ4v) is 2.41. The highest BCUT2D eigenvalue weighted by molar-refractivity contribution is 6.49. The summed E-state index contributed by atoms with van der Waals surface area (Å²) in [5, 5.41) is 13.4. The van der Waals surface area contributed by atoms with E-state index in [-0.39, 0.29) is 26.1 Å². The molecule has 0 saturated heterocycles. The first kappa shape index (κ1) is 16.7. The van der Waals surface area contributed by atoms with Gasteiger partial charge in [-0.3, -0.25) is 10.1 Å². The molecule has 2 aromatic rings. The lowest BCUT2D eigenvalue weighted by Gasteiger charge is -2.07. The maximum Gasteiger partial charge on any atom is 0.355 e. The quantitative estimate of drug-likeness (QED) is 0.467. The molecule has 1 aromatic carbocycles. The minimum Gasteiger partial charge on any atom is -0.258 e. The number of nitrogens with zero attached hydrogens (tertiary/aromatic N) is 4. The lowest BCUT2D eigenvalue weighted by atomic mass is 10.2. The van der Waals surface area contributed by atoms with Gasteiger partial charge in [0.05, 0.1) is 20.7 Å². The highest BCUT2D eigenvalue weighted by Gasteiger charge is 2.26. The summed E-state index contributed by atoms with van der Waals surface area (Å²) < 4.78 is 26.2. The van der Waals surface area contributed by atoms with E-state index >= 15 is 0 Å². The number of hydrogen-bond donors (Lipinski definition) is 0. The monoisotopic (exact) mass is 372 g/mol. The van der Waals surface area contributed by atoms with Crippen LogP contribution in [0.25, 0.3) is 5.69 Å². The zero-order valence-electron chi connectivity index (χ0n) is 10.6. The average Bonchev–Trinajstić information content (AvgIpc) is 2.71. The Morgan fingerprint density at radius 3 is 2.32 bits per heavy atom. The number of halogens is 5. The first-order valence-corrected chi connectivity index (χ1v) is 6.58. The summed E-state index contributed by atoms with van der Waals surface area (Å²) in [5.41, 5.74) is -2.18. The molecule has 1 heterocycles. The van der Waals surface area contributed by atoms with Crippen LogP contribution in [0.3, 0.4) is 0 Å². The van der Waals surface area contributed by atoms with Crippen molar-refractivity contribution >= 4 is 40.5 Å². The van der Waals surface area contributed by atoms with Crippen molar-refractivity contribution in [2.24, 2.45) is 0 Å². The van der Waals surface area contributed by atoms with Gasteiger partial charge in [-0.25, -0.2) is 9.36 Å². The lowest BCUT2D eigenvalue weighted by molar-refractivity contribution is -0.384. The van der Waals surface area contributed by atoms with Gasteiger partial charge in [0.25, 0.3) is 5.69 Å². The van der Waals surface area contributed by atoms with Gasteiger partial charge in [0.1, 0.15) is 10.8 Å². The Bertz CT molecular complexity index is 834. The van der Waals surface area contributed by atoms with Crippen molar-refractivity contribution in [1.82, 2.24) is 14.3 Å². The number of hydrogen-bond acceptors (Lipinski definition) is 4. The highest BCUT2D eigenvalue weighted by Crippen LogP contribution is 2.40. The van der Waals surface area contributed by atoms with Gasteiger partial charge in [-0.1, -0.05) is 34.8 Å². The summed E-state index contributed by atoms with van der Waals surface area (Å²) in [6.07, 6.45) is 0. The molecule has 0 N–H and O–H groups in total. The maximum atomic E-state index is 12.8. The number of aryl methyl sites for hydroxylation is 1. The van der Waals surface area contributed by atoms with E-state index in [1.165, 1.54) is 6.92 Å². The fraction of sp³-hybridized carbons (Fsp3) is 0.200. The third kappa shape index (κ3) is 2.55. The molecule has 0 radical (unpaired) electrons. The molecule has 2 rings (SSSR count). The third-order valence-corrected chi connectivity index (χ3v) is 4.05. The molecule has 0 atom stereocenters. The van der Waals surface area contributed by atoms with Crippen LogP contribution in [0, 0.1) is 17.0 Å². The Labute approximate surface area is 135 Å². The van der Waals surface area contributed by atoms with Crippen LogP contribution in [-0.4, -0.2) is 19.3 Å². The van der Waals surface area contributed by atoms with E-state index in [9.17, 15) is 23.7 Å². The molecule has 12 heteroatoms. The third-order valence-electron chi connectivity index (χ3n) is 2.71. The molecule has 0 amide bonds. The van der Waals surface area contributed by atoms with Crippen LogP contribution in [0.2, 0.25) is 15.1 Å². The number of rotatable bonds is 3. The van der Waals surface area contributed by atoms with Crippen molar-refractivity contribution in [2.45, 2.75) is 13.5 Å². The Hall–Kier alpha value is -1.71. The SMILES string of the molecule is Cc1nn(-c2cc([N+](=O)[O-])c(Cl)c(Cl)c2Cl)c(=O)n1C(F)F. The number of alkyl halides is 2. The van der Waals surface area contributed by atoms with Gasteiger partial charge >= 0.3 is 12.2 Å². The Kier molecular flexibility index (Phi) is 4.41. The van der Waals surface area contributed by atoms with Gasteiger partial charge in [0, 0.05) is 6.07 Å². The summed E-state index contributed by atoms with van der Waals surface area (Å²) >= 11 is 17.4. The first-order valence-electron chi connectivity index (χ1n) is 5.45. The van der Waals surface area contributed by atoms with Crippen LogP contribution >= 0.6 is 34.8 Å². The van der Waals surface area contributed by atoms with E-state index in [1.54, 1.807) is 0 Å². The minimum atomic E-state index is -3.13. The number of aromatic nitrogens is 3. The first-order chi connectivity index (χ1) is 10.2. The topological polar surface area (TPSA) is 83.0 Å². The smallest absolute Gasteiger partial charge is 0.258 e. The summed E-state index contributed by atoms with van der Waals surface area (Å²) in [6.45, 7) is -1.96. The van der Waals surface area contributed by atoms with Gasteiger partial charge in [0.15, 0.2) is 0 Å². The summed E-state index contributed by atoms with van der Waals surface area (Å²) in [6, 6.07) is 0.834. The predicted molar refractivity (Wildman–Crippen MR) is 75.5 cm³/mol. The Balaban J connectivity index is 2.82. The second-order valence-corrected chi connectivity index (χ2v) is 5.14. The van der Waals surface area contributed by atoms with Gasteiger partial charge in [-0.15, -0.1) is 5.10 Å². The number of benzene rings is 1. The zero-order valence-corrected chi connectivity index (χ0v) is 12.8. The van der Waals surface area contributed by atoms with Gasteiger partial charge < -0.3 is 0 Å². The van der Waals surface area contributed by atoms with Crippen molar-refractivity contribution in [1.29, 1.82) is 0 Å². The normalized spacial score (nSPS) is 11.2. The minimum absolute atomic E-state index is 0.102. The van der Waals surface area contributed by atoms with Crippen LogP contribution in [0.15, 0.2) is 10.9 Å². The van der Waals surface area contributed by atoms with Crippen molar-refractivity contribution in [3.8, 4) is 5.69 Å². The largest absolute Gasteiger partial charge is 0.355 e. The molecule has 22 heavy (non-hydrogen) atoms. The van der Waals surface area contributed by atoms with Crippen LogP contribution in [-0.2, 0) is 0 Å². The molecule has 0 spiro atoms. The summed E-state index contributed by atoms with van der Waals surface area (Å²) in [7, 11) is 0. The van der Waals surface area contributed by atoms with E-state index in [2.05, 4.69) is 5.10 Å². The van der Waals surface area contributed by atoms with Crippen molar-refractivity contribution in [3.05, 3.63) is 47.6 Å². The Morgan fingerprint density at radius 1 is 1.27 bits per heavy atom. The predicted octanol–water partition coefficient (Wildman–Crippen LogP) is 3.61. The van der Waals surface area contributed by atoms with E-state index in [1.807, 2.05) is 0 Å². The van der Waals surface area contributed by atoms with Crippen LogP contribution in [0.1, 0.15) is 12.4 Å². The average molecular weight is 374 g/mol. The zero-order chi connectivity index (χ0) is 16.8. The molecule has 0 saturated carbocycles. The van der Waals surface area contributed by atoms with Crippen molar-refractivity contribution < 1.29 is 13.7 Å². The van der Waals surface area contributed by atoms with Crippen LogP contribution in [0.4, 0.5) is 14.5 Å². The molecule has 1 aromatic heterocycles. The molecular weight excluding hydrogens is 368 g/mol. The fourth-order valence-electron chi connectivity index (χ4n) is 1.72. The molecule has 0 aliphatic rings. The van der Waals surface area contributed by atoms with Crippen LogP contribution < -0.4 is 5.69 Å². The molecule has 0 aliphatic heterocycles. The highest BCUT2D eigenvalue weighted by atomic mass is 35.5. The molecule has 0 unspecified atom stereocenters. The molecule has 7 nitrogen and oxygen atoms in total. The molecular formula is C10H5Cl3F2N4O3. The molecule has 0 bridgehead atoms. The molecule has 0 aliphatic carbocycles. The second kappa shape index (κ2) is 5.82. The van der Waals surface area contributed by atoms with Gasteiger partial charge in [0.2, 0.25) is 0 Å². The number of nitro benzene ring substituents is 1. The van der Waals surface area contributed by atoms with Gasteiger partial charge in [-0.05, 0) is 6.92 Å². The van der Waals surface area contributed by atoms with Crippen molar-refractivity contribution in [3.63, 3.8) is 0 Å². The van der Waals surface area contributed by atoms with E-state index in [0.717, 1.165) is 6.07 Å². The second-order valence-electron chi connectivity index (χ2n) is 4.00. The van der Waals surface area contributed by atoms with E-state index in [0.29, 0.717) is 4.68 Å². The van der Waals surface area contributed by atoms with Crippen molar-refractivity contribution in [2.75, 3.05) is 0 Å². The lowest BCUT2D eigenvalue weighted by Crippen LogP contribution is -2.25. The summed E-state index contributed by atoms with van der Waals surface area (Å²) in [4.78, 5) is 22.0.